The molecule has 162 valence electrons. The van der Waals surface area contributed by atoms with Gasteiger partial charge in [0.25, 0.3) is 0 Å². The highest BCUT2D eigenvalue weighted by molar-refractivity contribution is 7.91. The van der Waals surface area contributed by atoms with Crippen LogP contribution in [0.2, 0.25) is 0 Å². The molecule has 1 aliphatic heterocycles. The third kappa shape index (κ3) is 4.56. The fraction of sp³-hybridized carbons (Fsp3) is 0.500. The average molecular weight is 429 g/mol. The van der Waals surface area contributed by atoms with E-state index in [0.29, 0.717) is 0 Å². The Morgan fingerprint density at radius 2 is 1.57 bits per heavy atom. The predicted octanol–water partition coefficient (Wildman–Crippen LogP) is 4.24. The first kappa shape index (κ1) is 21.3. The maximum Gasteiger partial charge on any atom is 0.206 e. The maximum atomic E-state index is 12.8. The van der Waals surface area contributed by atoms with Gasteiger partial charge in [-0.1, -0.05) is 37.5 Å². The van der Waals surface area contributed by atoms with Crippen LogP contribution in [0, 0.1) is 0 Å². The second-order valence-electron chi connectivity index (χ2n) is 8.61. The summed E-state index contributed by atoms with van der Waals surface area (Å²) in [7, 11) is -3.63. The largest absolute Gasteiger partial charge is 0.508 e. The van der Waals surface area contributed by atoms with Crippen LogP contribution in [0.1, 0.15) is 50.6 Å². The second kappa shape index (κ2) is 9.08. The van der Waals surface area contributed by atoms with Gasteiger partial charge >= 0.3 is 0 Å². The van der Waals surface area contributed by atoms with Crippen molar-refractivity contribution in [3.05, 3.63) is 54.1 Å². The molecule has 5 nitrogen and oxygen atoms in total. The quantitative estimate of drug-likeness (QED) is 0.772. The molecule has 4 rings (SSSR count). The van der Waals surface area contributed by atoms with Crippen LogP contribution in [-0.4, -0.2) is 55.5 Å². The van der Waals surface area contributed by atoms with E-state index in [-0.39, 0.29) is 21.6 Å². The van der Waals surface area contributed by atoms with E-state index in [1.165, 1.54) is 50.3 Å². The summed E-state index contributed by atoms with van der Waals surface area (Å²) in [6.07, 6.45) is 6.85. The first-order chi connectivity index (χ1) is 14.4. The number of hydrogen-bond acceptors (Lipinski definition) is 5. The van der Waals surface area contributed by atoms with E-state index in [1.807, 2.05) is 12.1 Å². The van der Waals surface area contributed by atoms with Crippen LogP contribution >= 0.6 is 0 Å². The molecule has 0 radical (unpaired) electrons. The summed E-state index contributed by atoms with van der Waals surface area (Å²) in [6.45, 7) is 6.56. The van der Waals surface area contributed by atoms with Crippen molar-refractivity contribution in [2.24, 2.45) is 0 Å². The van der Waals surface area contributed by atoms with E-state index >= 15 is 0 Å². The molecule has 0 spiro atoms. The number of rotatable bonds is 5. The summed E-state index contributed by atoms with van der Waals surface area (Å²) in [6, 6.07) is 14.1. The first-order valence-corrected chi connectivity index (χ1v) is 12.6. The molecule has 30 heavy (non-hydrogen) atoms. The minimum atomic E-state index is -3.63. The minimum Gasteiger partial charge on any atom is -0.508 e. The fourth-order valence-corrected chi connectivity index (χ4v) is 6.16. The van der Waals surface area contributed by atoms with Gasteiger partial charge in [-0.25, -0.2) is 8.42 Å². The van der Waals surface area contributed by atoms with Gasteiger partial charge in [0.2, 0.25) is 9.84 Å². The van der Waals surface area contributed by atoms with Crippen molar-refractivity contribution in [2.45, 2.75) is 60.9 Å². The second-order valence-corrected chi connectivity index (χ2v) is 10.6. The van der Waals surface area contributed by atoms with Crippen molar-refractivity contribution in [1.82, 2.24) is 9.80 Å². The van der Waals surface area contributed by atoms with Crippen LogP contribution in [0.3, 0.4) is 0 Å². The van der Waals surface area contributed by atoms with Crippen molar-refractivity contribution < 1.29 is 13.5 Å². The Morgan fingerprint density at radius 1 is 0.900 bits per heavy atom. The van der Waals surface area contributed by atoms with Gasteiger partial charge in [0.1, 0.15) is 5.75 Å². The zero-order valence-corrected chi connectivity index (χ0v) is 18.5. The zero-order valence-electron chi connectivity index (χ0n) is 17.7. The lowest BCUT2D eigenvalue weighted by Gasteiger charge is -2.42. The third-order valence-corrected chi connectivity index (χ3v) is 8.56. The maximum absolute atomic E-state index is 12.8. The number of nitrogens with zero attached hydrogens (tertiary/aromatic N) is 2. The molecule has 6 heteroatoms. The van der Waals surface area contributed by atoms with Gasteiger partial charge in [0.05, 0.1) is 9.79 Å². The average Bonchev–Trinajstić information content (AvgIpc) is 2.79. The van der Waals surface area contributed by atoms with Gasteiger partial charge in [0, 0.05) is 38.3 Å². The van der Waals surface area contributed by atoms with Gasteiger partial charge < -0.3 is 5.11 Å². The number of phenols is 1. The minimum absolute atomic E-state index is 0.0475. The van der Waals surface area contributed by atoms with Crippen LogP contribution in [0.4, 0.5) is 0 Å². The molecule has 1 N–H and O–H groups in total. The number of benzene rings is 2. The Labute approximate surface area is 180 Å². The van der Waals surface area contributed by atoms with Gasteiger partial charge in [-0.15, -0.1) is 0 Å². The topological polar surface area (TPSA) is 60.9 Å². The van der Waals surface area contributed by atoms with Gasteiger partial charge in [-0.3, -0.25) is 9.80 Å². The summed E-state index contributed by atoms with van der Waals surface area (Å²) in [5.74, 6) is -0.0475. The summed E-state index contributed by atoms with van der Waals surface area (Å²) in [5.41, 5.74) is 1.14. The number of piperazine rings is 1. The molecule has 1 saturated carbocycles. The summed E-state index contributed by atoms with van der Waals surface area (Å²) >= 11 is 0. The molecule has 0 aromatic heterocycles. The molecule has 1 saturated heterocycles. The molecule has 0 amide bonds. The Hall–Kier alpha value is -1.89. The lowest BCUT2D eigenvalue weighted by molar-refractivity contribution is 0.0602. The fourth-order valence-electron chi connectivity index (χ4n) is 4.86. The normalized spacial score (nSPS) is 20.8. The molecule has 1 unspecified atom stereocenters. The lowest BCUT2D eigenvalue weighted by atomic mass is 9.93. The van der Waals surface area contributed by atoms with Crippen LogP contribution in [0.5, 0.6) is 5.75 Å². The smallest absolute Gasteiger partial charge is 0.206 e. The van der Waals surface area contributed by atoms with Crippen LogP contribution in [0.25, 0.3) is 0 Å². The van der Waals surface area contributed by atoms with E-state index in [0.717, 1.165) is 37.8 Å². The van der Waals surface area contributed by atoms with E-state index < -0.39 is 9.84 Å². The molecular formula is C24H32N2O3S. The molecular weight excluding hydrogens is 396 g/mol. The highest BCUT2D eigenvalue weighted by Gasteiger charge is 2.27. The molecule has 2 aromatic carbocycles. The van der Waals surface area contributed by atoms with Gasteiger partial charge in [-0.05, 0) is 55.7 Å². The van der Waals surface area contributed by atoms with Gasteiger partial charge in [0.15, 0.2) is 0 Å². The molecule has 2 aliphatic rings. The molecule has 2 fully saturated rings. The number of sulfone groups is 1. The molecule has 2 aromatic rings. The van der Waals surface area contributed by atoms with Crippen LogP contribution in [0.15, 0.2) is 58.3 Å². The van der Waals surface area contributed by atoms with Gasteiger partial charge in [-0.2, -0.15) is 0 Å². The SMILES string of the molecule is CC(c1ccc(S(=O)(=O)c2cccc(O)c2)cc1)N1CCN(C2CCCCC2)CC1. The number of phenolic OH excluding ortho intramolecular Hbond substituents is 1. The Bertz CT molecular complexity index is 945. The molecule has 1 heterocycles. The van der Waals surface area contributed by atoms with E-state index in [1.54, 1.807) is 18.2 Å². The molecule has 1 aliphatic carbocycles. The monoisotopic (exact) mass is 428 g/mol. The van der Waals surface area contributed by atoms with Crippen molar-refractivity contribution >= 4 is 9.84 Å². The highest BCUT2D eigenvalue weighted by Crippen LogP contribution is 2.28. The Kier molecular flexibility index (Phi) is 6.46. The van der Waals surface area contributed by atoms with Crippen molar-refractivity contribution in [3.8, 4) is 5.75 Å². The van der Waals surface area contributed by atoms with Crippen LogP contribution in [-0.2, 0) is 9.84 Å². The molecule has 1 atom stereocenters. The van der Waals surface area contributed by atoms with Crippen molar-refractivity contribution in [3.63, 3.8) is 0 Å². The first-order valence-electron chi connectivity index (χ1n) is 11.1. The van der Waals surface area contributed by atoms with Crippen LogP contribution < -0.4 is 0 Å². The number of hydrogen-bond donors (Lipinski definition) is 1. The van der Waals surface area contributed by atoms with E-state index in [9.17, 15) is 13.5 Å². The predicted molar refractivity (Wildman–Crippen MR) is 118 cm³/mol. The third-order valence-electron chi connectivity index (χ3n) is 6.79. The highest BCUT2D eigenvalue weighted by atomic mass is 32.2. The van der Waals surface area contributed by atoms with Crippen molar-refractivity contribution in [1.29, 1.82) is 0 Å². The lowest BCUT2D eigenvalue weighted by Crippen LogP contribution is -2.51. The summed E-state index contributed by atoms with van der Waals surface area (Å²) in [4.78, 5) is 5.54. The van der Waals surface area contributed by atoms with Crippen molar-refractivity contribution in [2.75, 3.05) is 26.2 Å². The summed E-state index contributed by atoms with van der Waals surface area (Å²) < 4.78 is 25.7. The summed E-state index contributed by atoms with van der Waals surface area (Å²) in [5, 5.41) is 9.61. The van der Waals surface area contributed by atoms with E-state index in [4.69, 9.17) is 0 Å². The number of aromatic hydroxyl groups is 1. The molecule has 0 bridgehead atoms. The standard InChI is InChI=1S/C24H32N2O3S/c1-19(25-14-16-26(17-15-25)21-6-3-2-4-7-21)20-10-12-23(13-11-20)30(28,29)24-9-5-8-22(27)18-24/h5,8-13,18-19,21,27H,2-4,6-7,14-17H2,1H3. The Balaban J connectivity index is 1.40. The Morgan fingerprint density at radius 3 is 2.20 bits per heavy atom. The zero-order chi connectivity index (χ0) is 21.1. The van der Waals surface area contributed by atoms with E-state index in [2.05, 4.69) is 16.7 Å².